The van der Waals surface area contributed by atoms with E-state index in [0.717, 1.165) is 12.8 Å². The topological polar surface area (TPSA) is 93.7 Å². The van der Waals surface area contributed by atoms with Crippen LogP contribution in [0.5, 0.6) is 0 Å². The number of amides is 1. The number of aldehydes is 1. The lowest BCUT2D eigenvalue weighted by atomic mass is 9.84. The molecule has 0 spiro atoms. The van der Waals surface area contributed by atoms with E-state index in [-0.39, 0.29) is 12.5 Å². The van der Waals surface area contributed by atoms with Gasteiger partial charge in [-0.3, -0.25) is 9.59 Å². The van der Waals surface area contributed by atoms with Gasteiger partial charge in [0.2, 0.25) is 5.91 Å². The van der Waals surface area contributed by atoms with E-state index < -0.39 is 0 Å². The SMILES string of the molecule is CC(=O)NCCOCCOCC=O.CNC1CCC(C(C)=O)CC1. The first-order valence-electron chi connectivity index (χ1n) is 8.52. The Morgan fingerprint density at radius 3 is 2.17 bits per heavy atom. The van der Waals surface area contributed by atoms with Gasteiger partial charge in [-0.2, -0.15) is 0 Å². The predicted molar refractivity (Wildman–Crippen MR) is 91.9 cm³/mol. The fourth-order valence-electron chi connectivity index (χ4n) is 2.44. The van der Waals surface area contributed by atoms with Gasteiger partial charge in [0.15, 0.2) is 0 Å². The van der Waals surface area contributed by atoms with Gasteiger partial charge in [-0.15, -0.1) is 0 Å². The number of hydrogen-bond acceptors (Lipinski definition) is 6. The molecule has 0 saturated heterocycles. The van der Waals surface area contributed by atoms with E-state index in [1.807, 2.05) is 7.05 Å². The Kier molecular flexibility index (Phi) is 14.4. The Hall–Kier alpha value is -1.31. The zero-order valence-corrected chi connectivity index (χ0v) is 15.1. The minimum absolute atomic E-state index is 0.0687. The summed E-state index contributed by atoms with van der Waals surface area (Å²) in [4.78, 5) is 31.2. The molecule has 2 N–H and O–H groups in total. The van der Waals surface area contributed by atoms with Crippen molar-refractivity contribution < 1.29 is 23.9 Å². The van der Waals surface area contributed by atoms with E-state index in [1.54, 1.807) is 6.92 Å². The van der Waals surface area contributed by atoms with Crippen LogP contribution in [0.1, 0.15) is 39.5 Å². The molecule has 0 bridgehead atoms. The third-order valence-corrected chi connectivity index (χ3v) is 3.89. The summed E-state index contributed by atoms with van der Waals surface area (Å²) in [6.07, 6.45) is 5.19. The number of carbonyl (C=O) groups is 3. The van der Waals surface area contributed by atoms with E-state index >= 15 is 0 Å². The van der Waals surface area contributed by atoms with Crippen LogP contribution >= 0.6 is 0 Å². The molecule has 0 aromatic carbocycles. The van der Waals surface area contributed by atoms with E-state index in [4.69, 9.17) is 9.47 Å². The minimum atomic E-state index is -0.0687. The first-order valence-corrected chi connectivity index (χ1v) is 8.52. The molecule has 1 aliphatic carbocycles. The van der Waals surface area contributed by atoms with Gasteiger partial charge < -0.3 is 24.9 Å². The molecule has 7 nitrogen and oxygen atoms in total. The molecule has 0 unspecified atom stereocenters. The van der Waals surface area contributed by atoms with Crippen LogP contribution in [0.3, 0.4) is 0 Å². The number of ketones is 1. The van der Waals surface area contributed by atoms with Gasteiger partial charge in [0.1, 0.15) is 18.7 Å². The van der Waals surface area contributed by atoms with Gasteiger partial charge in [0, 0.05) is 25.4 Å². The smallest absolute Gasteiger partial charge is 0.216 e. The van der Waals surface area contributed by atoms with Crippen LogP contribution in [-0.2, 0) is 23.9 Å². The van der Waals surface area contributed by atoms with Crippen LogP contribution in [0.2, 0.25) is 0 Å². The number of nitrogens with one attached hydrogen (secondary N) is 2. The van der Waals surface area contributed by atoms with Crippen LogP contribution in [0.25, 0.3) is 0 Å². The second kappa shape index (κ2) is 15.2. The average Bonchev–Trinajstić information content (AvgIpc) is 2.57. The summed E-state index contributed by atoms with van der Waals surface area (Å²) in [6.45, 7) is 5.08. The molecule has 7 heteroatoms. The van der Waals surface area contributed by atoms with Crippen molar-refractivity contribution in [2.75, 3.05) is 40.0 Å². The molecule has 24 heavy (non-hydrogen) atoms. The maximum Gasteiger partial charge on any atom is 0.216 e. The van der Waals surface area contributed by atoms with Gasteiger partial charge in [-0.05, 0) is 39.7 Å². The molecular formula is C17H32N2O5. The maximum absolute atomic E-state index is 11.0. The monoisotopic (exact) mass is 344 g/mol. The highest BCUT2D eigenvalue weighted by molar-refractivity contribution is 5.78. The second-order valence-electron chi connectivity index (χ2n) is 5.78. The summed E-state index contributed by atoms with van der Waals surface area (Å²) >= 11 is 0. The predicted octanol–water partition coefficient (Wildman–Crippen LogP) is 0.708. The summed E-state index contributed by atoms with van der Waals surface area (Å²) in [7, 11) is 2.00. The zero-order valence-electron chi connectivity index (χ0n) is 15.1. The van der Waals surface area contributed by atoms with Crippen molar-refractivity contribution in [2.45, 2.75) is 45.6 Å². The number of rotatable bonds is 10. The van der Waals surface area contributed by atoms with Crippen LogP contribution in [0.4, 0.5) is 0 Å². The lowest BCUT2D eigenvalue weighted by molar-refractivity contribution is -0.122. The number of hydrogen-bond donors (Lipinski definition) is 2. The van der Waals surface area contributed by atoms with E-state index in [9.17, 15) is 14.4 Å². The van der Waals surface area contributed by atoms with E-state index in [0.29, 0.717) is 50.4 Å². The summed E-state index contributed by atoms with van der Waals surface area (Å²) in [5, 5.41) is 5.84. The fraction of sp³-hybridized carbons (Fsp3) is 0.824. The summed E-state index contributed by atoms with van der Waals surface area (Å²) in [5.41, 5.74) is 0. The van der Waals surface area contributed by atoms with Crippen molar-refractivity contribution in [3.05, 3.63) is 0 Å². The molecule has 0 atom stereocenters. The first kappa shape index (κ1) is 22.7. The quantitative estimate of drug-likeness (QED) is 0.448. The highest BCUT2D eigenvalue weighted by Gasteiger charge is 2.22. The fourth-order valence-corrected chi connectivity index (χ4v) is 2.44. The Morgan fingerprint density at radius 1 is 1.04 bits per heavy atom. The summed E-state index contributed by atoms with van der Waals surface area (Å²) < 4.78 is 9.91. The molecule has 1 amide bonds. The van der Waals surface area contributed by atoms with Crippen molar-refractivity contribution >= 4 is 18.0 Å². The van der Waals surface area contributed by atoms with Gasteiger partial charge in [0.05, 0.1) is 19.8 Å². The molecule has 1 saturated carbocycles. The van der Waals surface area contributed by atoms with Crippen molar-refractivity contribution in [1.82, 2.24) is 10.6 Å². The second-order valence-corrected chi connectivity index (χ2v) is 5.78. The maximum atomic E-state index is 11.0. The molecule has 1 fully saturated rings. The average molecular weight is 344 g/mol. The highest BCUT2D eigenvalue weighted by Crippen LogP contribution is 2.24. The van der Waals surface area contributed by atoms with Gasteiger partial charge >= 0.3 is 0 Å². The number of ether oxygens (including phenoxy) is 2. The minimum Gasteiger partial charge on any atom is -0.377 e. The molecule has 0 aromatic rings. The van der Waals surface area contributed by atoms with Crippen molar-refractivity contribution in [2.24, 2.45) is 5.92 Å². The van der Waals surface area contributed by atoms with Gasteiger partial charge in [-0.1, -0.05) is 0 Å². The molecule has 1 aliphatic rings. The van der Waals surface area contributed by atoms with Gasteiger partial charge in [0.25, 0.3) is 0 Å². The Balaban J connectivity index is 0.000000446. The normalized spacial score (nSPS) is 19.8. The lowest BCUT2D eigenvalue weighted by Crippen LogP contribution is -2.31. The standard InChI is InChI=1S/C9H17NO.C8H15NO4/c1-7(11)8-3-5-9(10-2)6-4-8;1-8(11)9-2-4-12-6-7-13-5-3-10/h8-10H,3-6H2,1-2H3;3H,2,4-7H2,1H3,(H,9,11). The van der Waals surface area contributed by atoms with Gasteiger partial charge in [-0.25, -0.2) is 0 Å². The largest absolute Gasteiger partial charge is 0.377 e. The summed E-state index contributed by atoms with van der Waals surface area (Å²) in [6, 6.07) is 0.658. The lowest BCUT2D eigenvalue weighted by Gasteiger charge is -2.26. The molecule has 140 valence electrons. The zero-order chi connectivity index (χ0) is 18.2. The molecule has 1 rings (SSSR count). The highest BCUT2D eigenvalue weighted by atomic mass is 16.5. The Morgan fingerprint density at radius 2 is 1.67 bits per heavy atom. The van der Waals surface area contributed by atoms with Crippen LogP contribution < -0.4 is 10.6 Å². The third-order valence-electron chi connectivity index (χ3n) is 3.89. The molecule has 0 aliphatic heterocycles. The molecule has 0 radical (unpaired) electrons. The van der Waals surface area contributed by atoms with Crippen molar-refractivity contribution in [3.8, 4) is 0 Å². The Bertz CT molecular complexity index is 355. The first-order chi connectivity index (χ1) is 11.5. The Labute approximate surface area is 144 Å². The number of Topliss-reactive ketones (excluding diaryl/α,β-unsaturated/α-hetero) is 1. The molecule has 0 aromatic heterocycles. The van der Waals surface area contributed by atoms with Crippen LogP contribution in [0.15, 0.2) is 0 Å². The molecular weight excluding hydrogens is 312 g/mol. The summed E-state index contributed by atoms with van der Waals surface area (Å²) in [5.74, 6) is 0.667. The number of carbonyl (C=O) groups excluding carboxylic acids is 3. The van der Waals surface area contributed by atoms with Crippen LogP contribution in [-0.4, -0.2) is 64.0 Å². The third kappa shape index (κ3) is 13.2. The van der Waals surface area contributed by atoms with E-state index in [1.165, 1.54) is 19.8 Å². The molecule has 0 heterocycles. The van der Waals surface area contributed by atoms with Crippen LogP contribution in [0, 0.1) is 5.92 Å². The van der Waals surface area contributed by atoms with Crippen molar-refractivity contribution in [1.29, 1.82) is 0 Å². The van der Waals surface area contributed by atoms with E-state index in [2.05, 4.69) is 10.6 Å². The van der Waals surface area contributed by atoms with Crippen molar-refractivity contribution in [3.63, 3.8) is 0 Å².